The predicted octanol–water partition coefficient (Wildman–Crippen LogP) is -0.0268. The molecule has 0 aromatic rings. The van der Waals surface area contributed by atoms with Gasteiger partial charge in [-0.25, -0.2) is 0 Å². The van der Waals surface area contributed by atoms with Crippen molar-refractivity contribution in [1.29, 1.82) is 0 Å². The highest BCUT2D eigenvalue weighted by Crippen LogP contribution is 2.76. The minimum Gasteiger partial charge on any atom is -0.394 e. The number of aliphatic hydroxyl groups excluding tert-OH is 12. The lowest BCUT2D eigenvalue weighted by molar-refractivity contribution is -0.378. The average molecular weight is 947 g/mol. The molecule has 0 bridgehead atoms. The van der Waals surface area contributed by atoms with Gasteiger partial charge in [0.2, 0.25) is 0 Å². The van der Waals surface area contributed by atoms with E-state index < -0.39 is 135 Å². The summed E-state index contributed by atoms with van der Waals surface area (Å²) in [5, 5.41) is 129. The van der Waals surface area contributed by atoms with Crippen LogP contribution in [0.15, 0.2) is 11.6 Å². The third-order valence-electron chi connectivity index (χ3n) is 18.8. The summed E-state index contributed by atoms with van der Waals surface area (Å²) >= 11 is 0. The Morgan fingerprint density at radius 3 is 1.71 bits per heavy atom. The first-order valence-corrected chi connectivity index (χ1v) is 24.4. The number of hydrogen-bond acceptors (Lipinski definition) is 18. The molecule has 4 aliphatic carbocycles. The topological polar surface area (TPSA) is 298 Å². The second-order valence-corrected chi connectivity index (χ2v) is 22.9. The van der Waals surface area contributed by atoms with Crippen LogP contribution in [-0.4, -0.2) is 191 Å². The van der Waals surface area contributed by atoms with E-state index in [-0.39, 0.29) is 39.9 Å². The summed E-state index contributed by atoms with van der Waals surface area (Å²) in [5.41, 5.74) is -1.12. The minimum absolute atomic E-state index is 0.0905. The molecule has 4 saturated carbocycles. The van der Waals surface area contributed by atoms with E-state index in [1.54, 1.807) is 0 Å². The van der Waals surface area contributed by atoms with Gasteiger partial charge in [0, 0.05) is 0 Å². The number of aliphatic hydroxyl groups is 12. The zero-order chi connectivity index (χ0) is 48.6. The molecule has 0 spiro atoms. The first-order valence-electron chi connectivity index (χ1n) is 24.4. The lowest BCUT2D eigenvalue weighted by Crippen LogP contribution is -2.68. The second kappa shape index (κ2) is 19.6. The molecule has 7 aliphatic rings. The van der Waals surface area contributed by atoms with E-state index in [0.717, 1.165) is 37.7 Å². The molecule has 18 heteroatoms. The summed E-state index contributed by atoms with van der Waals surface area (Å²) in [7, 11) is 0. The number of ether oxygens (including phenoxy) is 6. The van der Waals surface area contributed by atoms with Crippen LogP contribution >= 0.6 is 0 Å². The van der Waals surface area contributed by atoms with Crippen molar-refractivity contribution < 1.29 is 89.7 Å². The summed E-state index contributed by atoms with van der Waals surface area (Å²) in [5.74, 6) is -0.151. The normalized spacial score (nSPS) is 52.4. The number of allylic oxidation sites excluding steroid dienone is 2. The molecule has 0 amide bonds. The van der Waals surface area contributed by atoms with Gasteiger partial charge in [-0.15, -0.1) is 0 Å². The maximum atomic E-state index is 12.7. The fourth-order valence-electron chi connectivity index (χ4n) is 14.9. The molecule has 25 atom stereocenters. The van der Waals surface area contributed by atoms with Gasteiger partial charge in [0.1, 0.15) is 73.2 Å². The van der Waals surface area contributed by atoms with E-state index in [1.165, 1.54) is 0 Å². The van der Waals surface area contributed by atoms with Gasteiger partial charge in [-0.1, -0.05) is 46.3 Å². The molecule has 3 saturated heterocycles. The molecule has 0 aromatic heterocycles. The highest BCUT2D eigenvalue weighted by Gasteiger charge is 2.72. The smallest absolute Gasteiger partial charge is 0.187 e. The van der Waals surface area contributed by atoms with Crippen LogP contribution in [-0.2, 0) is 28.4 Å². The van der Waals surface area contributed by atoms with Gasteiger partial charge >= 0.3 is 0 Å². The fourth-order valence-corrected chi connectivity index (χ4v) is 14.9. The molecule has 7 fully saturated rings. The SMILES string of the molecule is CC(C)=CCC[C@](C)(O[C@@H]1O[C@H](CO)[C@@H](O)[C@H](O)[C@H]1O)[C@@H]1CC[C@]2(C)[C@@H]1[C@H](O)C[C@@H]1[C@]3(C)CC[C@H](O[C@@H]4O[C@H](CO)[C@@H](O)[C@H](O)[C@H]4O[C@@H]4O[C@H](CO)[C@@H](O)[C@H](O)[C@H]4O)C(C)(C)[C@H]3CC[C@@]12C. The van der Waals surface area contributed by atoms with Crippen LogP contribution in [0.2, 0.25) is 0 Å². The molecule has 3 aliphatic heterocycles. The Morgan fingerprint density at radius 2 is 1.14 bits per heavy atom. The molecule has 18 nitrogen and oxygen atoms in total. The molecule has 7 rings (SSSR count). The lowest BCUT2D eigenvalue weighted by atomic mass is 9.35. The van der Waals surface area contributed by atoms with Crippen LogP contribution in [0.4, 0.5) is 0 Å². The minimum atomic E-state index is -1.79. The van der Waals surface area contributed by atoms with Crippen LogP contribution in [0.25, 0.3) is 0 Å². The van der Waals surface area contributed by atoms with Crippen molar-refractivity contribution in [2.24, 2.45) is 45.3 Å². The molecule has 3 heterocycles. The fraction of sp³-hybridized carbons (Fsp3) is 0.958. The molecule has 0 radical (unpaired) electrons. The summed E-state index contributed by atoms with van der Waals surface area (Å²) in [6, 6.07) is 0. The molecule has 0 unspecified atom stereocenters. The highest BCUT2D eigenvalue weighted by molar-refractivity contribution is 5.20. The molecule has 12 N–H and O–H groups in total. The molecule has 0 aromatic carbocycles. The molecule has 66 heavy (non-hydrogen) atoms. The Morgan fingerprint density at radius 1 is 0.606 bits per heavy atom. The summed E-state index contributed by atoms with van der Waals surface area (Å²) in [6.07, 6.45) is -15.4. The Labute approximate surface area is 388 Å². The Balaban J connectivity index is 1.13. The van der Waals surface area contributed by atoms with Gasteiger partial charge in [0.15, 0.2) is 18.9 Å². The third kappa shape index (κ3) is 8.79. The van der Waals surface area contributed by atoms with Crippen molar-refractivity contribution in [3.8, 4) is 0 Å². The van der Waals surface area contributed by atoms with Crippen LogP contribution in [0.3, 0.4) is 0 Å². The van der Waals surface area contributed by atoms with E-state index in [0.29, 0.717) is 25.7 Å². The van der Waals surface area contributed by atoms with E-state index in [9.17, 15) is 61.3 Å². The Hall–Kier alpha value is -0.980. The number of rotatable bonds is 13. The van der Waals surface area contributed by atoms with Gasteiger partial charge in [-0.05, 0) is 124 Å². The summed E-state index contributed by atoms with van der Waals surface area (Å²) in [6.45, 7) is 15.5. The van der Waals surface area contributed by atoms with E-state index in [1.807, 2.05) is 20.8 Å². The van der Waals surface area contributed by atoms with Crippen molar-refractivity contribution in [1.82, 2.24) is 0 Å². The van der Waals surface area contributed by atoms with Crippen LogP contribution in [0.5, 0.6) is 0 Å². The highest BCUT2D eigenvalue weighted by atomic mass is 16.8. The average Bonchev–Trinajstić information content (AvgIpc) is 3.65. The molecular weight excluding hydrogens is 865 g/mol. The van der Waals surface area contributed by atoms with E-state index >= 15 is 0 Å². The first-order chi connectivity index (χ1) is 30.8. The number of fused-ring (bicyclic) bond motifs is 5. The lowest BCUT2D eigenvalue weighted by Gasteiger charge is -2.71. The third-order valence-corrected chi connectivity index (χ3v) is 18.8. The van der Waals surface area contributed by atoms with Crippen molar-refractivity contribution in [3.05, 3.63) is 11.6 Å². The van der Waals surface area contributed by atoms with Gasteiger partial charge in [0.05, 0.1) is 37.6 Å². The van der Waals surface area contributed by atoms with E-state index in [2.05, 4.69) is 40.7 Å². The first kappa shape index (κ1) is 52.8. The van der Waals surface area contributed by atoms with Gasteiger partial charge in [-0.3, -0.25) is 0 Å². The Bertz CT molecular complexity index is 1680. The zero-order valence-corrected chi connectivity index (χ0v) is 40.0. The van der Waals surface area contributed by atoms with Crippen molar-refractivity contribution in [2.75, 3.05) is 19.8 Å². The monoisotopic (exact) mass is 947 g/mol. The maximum absolute atomic E-state index is 12.7. The largest absolute Gasteiger partial charge is 0.394 e. The quantitative estimate of drug-likeness (QED) is 0.0853. The van der Waals surface area contributed by atoms with Crippen molar-refractivity contribution in [3.63, 3.8) is 0 Å². The summed E-state index contributed by atoms with van der Waals surface area (Å²) < 4.78 is 37.2. The van der Waals surface area contributed by atoms with Crippen molar-refractivity contribution >= 4 is 0 Å². The van der Waals surface area contributed by atoms with Gasteiger partial charge < -0.3 is 89.7 Å². The van der Waals surface area contributed by atoms with Gasteiger partial charge in [0.25, 0.3) is 0 Å². The van der Waals surface area contributed by atoms with Gasteiger partial charge in [-0.2, -0.15) is 0 Å². The molecular formula is C48H82O18. The van der Waals surface area contributed by atoms with Crippen LogP contribution in [0.1, 0.15) is 113 Å². The van der Waals surface area contributed by atoms with Crippen molar-refractivity contribution in [2.45, 2.75) is 223 Å². The maximum Gasteiger partial charge on any atom is 0.187 e. The Kier molecular flexibility index (Phi) is 15.7. The predicted molar refractivity (Wildman–Crippen MR) is 234 cm³/mol. The molecule has 382 valence electrons. The van der Waals surface area contributed by atoms with Crippen LogP contribution < -0.4 is 0 Å². The zero-order valence-electron chi connectivity index (χ0n) is 40.0. The summed E-state index contributed by atoms with van der Waals surface area (Å²) in [4.78, 5) is 0. The second-order valence-electron chi connectivity index (χ2n) is 22.9. The van der Waals surface area contributed by atoms with E-state index in [4.69, 9.17) is 28.4 Å². The van der Waals surface area contributed by atoms with Crippen LogP contribution in [0, 0.1) is 45.3 Å². The standard InChI is InChI=1S/C48H82O18/c1-22(2)10-9-14-48(8,66-42-39(60)36(57)33(54)26(20-50)62-42)23-11-16-47(7)31(23)24(52)18-29-45(5)15-13-30(44(3,4)28(45)12-17-46(29,47)6)64-43-40(37(58)34(55)27(21-51)63-43)65-41-38(59)35(56)32(53)25(19-49)61-41/h10,23-43,49-60H,9,11-21H2,1-8H3/t23-,24-,25-,26-,27-,28-,29-,30+,31+,32-,33-,34-,35+,36+,37+,38-,39-,40-,41+,42+,43+,45-,46+,47-,48+/m1/s1. The number of hydrogen-bond donors (Lipinski definition) is 12.